The Hall–Kier alpha value is -2.44. The van der Waals surface area contributed by atoms with Gasteiger partial charge in [0.05, 0.1) is 27.4 Å². The second kappa shape index (κ2) is 11.3. The van der Waals surface area contributed by atoms with Gasteiger partial charge in [-0.25, -0.2) is 0 Å². The first-order valence-corrected chi connectivity index (χ1v) is 11.0. The van der Waals surface area contributed by atoms with Crippen LogP contribution in [0.25, 0.3) is 0 Å². The van der Waals surface area contributed by atoms with E-state index in [2.05, 4.69) is 10.2 Å². The topological polar surface area (TPSA) is 60.0 Å². The number of nitrogens with zero attached hydrogens (tertiary/aromatic N) is 1. The van der Waals surface area contributed by atoms with Crippen LogP contribution in [0.2, 0.25) is 5.02 Å². The van der Waals surface area contributed by atoms with Gasteiger partial charge in [-0.15, -0.1) is 0 Å². The average Bonchev–Trinajstić information content (AvgIpc) is 3.32. The Labute approximate surface area is 189 Å². The van der Waals surface area contributed by atoms with Gasteiger partial charge in [0.15, 0.2) is 11.5 Å². The highest BCUT2D eigenvalue weighted by molar-refractivity contribution is 6.31. The number of nitrogens with one attached hydrogen (secondary N) is 1. The van der Waals surface area contributed by atoms with E-state index in [1.807, 2.05) is 36.4 Å². The van der Waals surface area contributed by atoms with Crippen molar-refractivity contribution in [2.45, 2.75) is 31.7 Å². The molecule has 0 aromatic heterocycles. The first kappa shape index (κ1) is 23.2. The maximum Gasteiger partial charge on any atom is 0.220 e. The number of methoxy groups -OCH3 is 3. The Kier molecular flexibility index (Phi) is 8.43. The van der Waals surface area contributed by atoms with Gasteiger partial charge in [-0.1, -0.05) is 29.8 Å². The van der Waals surface area contributed by atoms with Crippen LogP contribution in [-0.2, 0) is 11.2 Å². The van der Waals surface area contributed by atoms with Crippen LogP contribution in [0.3, 0.4) is 0 Å². The van der Waals surface area contributed by atoms with Gasteiger partial charge in [0.1, 0.15) is 0 Å². The molecule has 7 heteroatoms. The molecule has 2 aromatic carbocycles. The van der Waals surface area contributed by atoms with Crippen molar-refractivity contribution in [3.63, 3.8) is 0 Å². The van der Waals surface area contributed by atoms with Crippen LogP contribution >= 0.6 is 11.6 Å². The van der Waals surface area contributed by atoms with Gasteiger partial charge in [0.2, 0.25) is 11.7 Å². The van der Waals surface area contributed by atoms with Gasteiger partial charge in [-0.3, -0.25) is 9.69 Å². The molecule has 1 heterocycles. The Morgan fingerprint density at radius 3 is 2.29 bits per heavy atom. The molecule has 168 valence electrons. The second-order valence-corrected chi connectivity index (χ2v) is 8.03. The number of carbonyl (C=O) groups excluding carboxylic acids is 1. The highest BCUT2D eigenvalue weighted by Gasteiger charge is 2.25. The monoisotopic (exact) mass is 446 g/mol. The summed E-state index contributed by atoms with van der Waals surface area (Å²) in [6.07, 6.45) is 3.29. The summed E-state index contributed by atoms with van der Waals surface area (Å²) in [6.45, 7) is 2.59. The van der Waals surface area contributed by atoms with E-state index in [4.69, 9.17) is 25.8 Å². The van der Waals surface area contributed by atoms with Crippen molar-refractivity contribution < 1.29 is 19.0 Å². The van der Waals surface area contributed by atoms with Gasteiger partial charge in [0.25, 0.3) is 0 Å². The highest BCUT2D eigenvalue weighted by atomic mass is 35.5. The first-order chi connectivity index (χ1) is 15.1. The van der Waals surface area contributed by atoms with Gasteiger partial charge in [-0.2, -0.15) is 0 Å². The molecule has 1 aliphatic rings. The lowest BCUT2D eigenvalue weighted by atomic mass is 10.0. The van der Waals surface area contributed by atoms with Gasteiger partial charge in [0, 0.05) is 18.0 Å². The zero-order chi connectivity index (χ0) is 22.2. The SMILES string of the molecule is COc1cc(CCC(=O)NCC(c2ccccc2Cl)N2CCCC2)cc(OC)c1OC. The Balaban J connectivity index is 1.63. The maximum absolute atomic E-state index is 12.6. The van der Waals surface area contributed by atoms with Crippen LogP contribution in [-0.4, -0.2) is 51.8 Å². The lowest BCUT2D eigenvalue weighted by Gasteiger charge is -2.29. The minimum atomic E-state index is 0.00463. The molecule has 0 radical (unpaired) electrons. The molecule has 1 aliphatic heterocycles. The third-order valence-corrected chi connectivity index (χ3v) is 6.05. The van der Waals surface area contributed by atoms with Crippen LogP contribution in [0.5, 0.6) is 17.2 Å². The van der Waals surface area contributed by atoms with Crippen LogP contribution in [0.4, 0.5) is 0 Å². The molecule has 1 unspecified atom stereocenters. The maximum atomic E-state index is 12.6. The highest BCUT2D eigenvalue weighted by Crippen LogP contribution is 2.38. The summed E-state index contributed by atoms with van der Waals surface area (Å²) in [5, 5.41) is 3.85. The quantitative estimate of drug-likeness (QED) is 0.591. The molecule has 1 saturated heterocycles. The van der Waals surface area contributed by atoms with E-state index < -0.39 is 0 Å². The van der Waals surface area contributed by atoms with Crippen LogP contribution < -0.4 is 19.5 Å². The molecule has 1 atom stereocenters. The number of ether oxygens (including phenoxy) is 3. The van der Waals surface area contributed by atoms with Crippen molar-refractivity contribution in [1.29, 1.82) is 0 Å². The van der Waals surface area contributed by atoms with E-state index in [0.29, 0.717) is 36.6 Å². The minimum Gasteiger partial charge on any atom is -0.493 e. The summed E-state index contributed by atoms with van der Waals surface area (Å²) in [5.74, 6) is 1.73. The summed E-state index contributed by atoms with van der Waals surface area (Å²) in [6, 6.07) is 11.7. The fraction of sp³-hybridized carbons (Fsp3) is 0.458. The molecule has 0 spiro atoms. The number of hydrogen-bond donors (Lipinski definition) is 1. The van der Waals surface area contributed by atoms with E-state index in [1.54, 1.807) is 21.3 Å². The molecule has 1 fully saturated rings. The average molecular weight is 447 g/mol. The number of hydrogen-bond acceptors (Lipinski definition) is 5. The summed E-state index contributed by atoms with van der Waals surface area (Å²) < 4.78 is 16.2. The van der Waals surface area contributed by atoms with Gasteiger partial charge in [-0.05, 0) is 61.7 Å². The fourth-order valence-corrected chi connectivity index (χ4v) is 4.33. The summed E-state index contributed by atoms with van der Waals surface area (Å²) in [5.41, 5.74) is 2.02. The summed E-state index contributed by atoms with van der Waals surface area (Å²) in [7, 11) is 4.74. The molecule has 2 aromatic rings. The predicted octanol–water partition coefficient (Wildman–Crippen LogP) is 4.25. The fourth-order valence-electron chi connectivity index (χ4n) is 4.07. The van der Waals surface area contributed by atoms with E-state index in [1.165, 1.54) is 12.8 Å². The number of rotatable bonds is 10. The van der Waals surface area contributed by atoms with Crippen LogP contribution in [0.1, 0.15) is 36.4 Å². The van der Waals surface area contributed by atoms with Crippen molar-refractivity contribution in [2.24, 2.45) is 0 Å². The lowest BCUT2D eigenvalue weighted by molar-refractivity contribution is -0.121. The number of amides is 1. The number of carbonyl (C=O) groups is 1. The summed E-state index contributed by atoms with van der Waals surface area (Å²) in [4.78, 5) is 15.0. The van der Waals surface area contributed by atoms with Crippen molar-refractivity contribution in [3.05, 3.63) is 52.5 Å². The number of aryl methyl sites for hydroxylation is 1. The van der Waals surface area contributed by atoms with E-state index in [-0.39, 0.29) is 11.9 Å². The standard InChI is InChI=1S/C24H31ClN2O4/c1-29-21-14-17(15-22(30-2)24(21)31-3)10-11-23(28)26-16-20(27-12-6-7-13-27)18-8-4-5-9-19(18)25/h4-5,8-9,14-15,20H,6-7,10-13,16H2,1-3H3,(H,26,28). The zero-order valence-corrected chi connectivity index (χ0v) is 19.2. The number of halogens is 1. The largest absolute Gasteiger partial charge is 0.493 e. The molecule has 6 nitrogen and oxygen atoms in total. The van der Waals surface area contributed by atoms with Crippen molar-refractivity contribution >= 4 is 17.5 Å². The molecule has 0 bridgehead atoms. The third-order valence-electron chi connectivity index (χ3n) is 5.70. The minimum absolute atomic E-state index is 0.00463. The van der Waals surface area contributed by atoms with Gasteiger partial charge >= 0.3 is 0 Å². The molecule has 31 heavy (non-hydrogen) atoms. The molecule has 1 amide bonds. The van der Waals surface area contributed by atoms with Crippen molar-refractivity contribution in [3.8, 4) is 17.2 Å². The number of benzene rings is 2. The number of likely N-dealkylation sites (tertiary alicyclic amines) is 1. The summed E-state index contributed by atoms with van der Waals surface area (Å²) >= 11 is 6.46. The Morgan fingerprint density at radius 2 is 1.71 bits per heavy atom. The molecule has 1 N–H and O–H groups in total. The third kappa shape index (κ3) is 5.83. The van der Waals surface area contributed by atoms with E-state index >= 15 is 0 Å². The van der Waals surface area contributed by atoms with Gasteiger partial charge < -0.3 is 19.5 Å². The molecular weight excluding hydrogens is 416 g/mol. The zero-order valence-electron chi connectivity index (χ0n) is 18.4. The molecule has 0 aliphatic carbocycles. The van der Waals surface area contributed by atoms with Crippen molar-refractivity contribution in [2.75, 3.05) is 41.0 Å². The van der Waals surface area contributed by atoms with Crippen molar-refractivity contribution in [1.82, 2.24) is 10.2 Å². The van der Waals surface area contributed by atoms with E-state index in [9.17, 15) is 4.79 Å². The Morgan fingerprint density at radius 1 is 1.06 bits per heavy atom. The molecular formula is C24H31ClN2O4. The van der Waals surface area contributed by atoms with Crippen LogP contribution in [0.15, 0.2) is 36.4 Å². The molecule has 0 saturated carbocycles. The smallest absolute Gasteiger partial charge is 0.220 e. The molecule has 3 rings (SSSR count). The Bertz CT molecular complexity index is 859. The predicted molar refractivity (Wildman–Crippen MR) is 122 cm³/mol. The lowest BCUT2D eigenvalue weighted by Crippen LogP contribution is -2.37. The second-order valence-electron chi connectivity index (χ2n) is 7.62. The normalized spacial score (nSPS) is 14.8. The van der Waals surface area contributed by atoms with Crippen LogP contribution in [0, 0.1) is 0 Å². The van der Waals surface area contributed by atoms with E-state index in [0.717, 1.165) is 29.2 Å². The first-order valence-electron chi connectivity index (χ1n) is 10.6.